The van der Waals surface area contributed by atoms with Gasteiger partial charge < -0.3 is 5.32 Å². The van der Waals surface area contributed by atoms with Crippen molar-refractivity contribution in [2.24, 2.45) is 0 Å². The van der Waals surface area contributed by atoms with Gasteiger partial charge in [-0.15, -0.1) is 10.2 Å². The number of thiophene rings is 1. The van der Waals surface area contributed by atoms with Crippen molar-refractivity contribution < 1.29 is 4.79 Å². The lowest BCUT2D eigenvalue weighted by Gasteiger charge is -2.29. The molecule has 2 aromatic heterocycles. The molecule has 0 aliphatic heterocycles. The summed E-state index contributed by atoms with van der Waals surface area (Å²) >= 11 is 9.28. The first-order valence-corrected chi connectivity index (χ1v) is 12.2. The van der Waals surface area contributed by atoms with Crippen LogP contribution in [-0.2, 0) is 4.79 Å². The Hall–Kier alpha value is -1.87. The Labute approximate surface area is 190 Å². The number of hydrogen-bond acceptors (Lipinski definition) is 6. The van der Waals surface area contributed by atoms with Gasteiger partial charge in [0.1, 0.15) is 6.33 Å². The topological polar surface area (TPSA) is 63.1 Å². The van der Waals surface area contributed by atoms with Crippen molar-refractivity contribution in [3.05, 3.63) is 57.5 Å². The molecule has 0 saturated heterocycles. The number of hydrogen-bond donors (Lipinski definition) is 1. The van der Waals surface area contributed by atoms with Crippen molar-refractivity contribution in [3.8, 4) is 5.69 Å². The molecule has 0 saturated carbocycles. The molecule has 0 fully saturated rings. The number of nitrogens with one attached hydrogen (secondary N) is 1. The highest BCUT2D eigenvalue weighted by molar-refractivity contribution is 7.99. The standard InChI is InChI=1S/C21H26ClN5OS2/c1-4-26(5-2)19(16-8-9-29-12-16)11-23-20(28)13-30-21-25-24-14-27(21)17-7-6-15(3)18(22)10-17/h6-10,12,14,19H,4-5,11,13H2,1-3H3,(H,23,28). The van der Waals surface area contributed by atoms with E-state index in [2.05, 4.69) is 51.1 Å². The minimum absolute atomic E-state index is 0.0242. The molecule has 30 heavy (non-hydrogen) atoms. The molecular weight excluding hydrogens is 438 g/mol. The minimum atomic E-state index is -0.0242. The molecular formula is C21H26ClN5OS2. The van der Waals surface area contributed by atoms with Crippen LogP contribution < -0.4 is 5.32 Å². The Kier molecular flexibility index (Phi) is 8.32. The van der Waals surface area contributed by atoms with Crippen molar-refractivity contribution >= 4 is 40.6 Å². The first kappa shape index (κ1) is 22.8. The quantitative estimate of drug-likeness (QED) is 0.446. The number of amides is 1. The summed E-state index contributed by atoms with van der Waals surface area (Å²) in [6.07, 6.45) is 1.63. The Morgan fingerprint density at radius 1 is 1.33 bits per heavy atom. The van der Waals surface area contributed by atoms with E-state index in [0.29, 0.717) is 16.7 Å². The number of thioether (sulfide) groups is 1. The van der Waals surface area contributed by atoms with Gasteiger partial charge in [-0.1, -0.05) is 43.3 Å². The van der Waals surface area contributed by atoms with E-state index in [0.717, 1.165) is 24.3 Å². The van der Waals surface area contributed by atoms with E-state index in [9.17, 15) is 4.79 Å². The van der Waals surface area contributed by atoms with Crippen LogP contribution in [0.5, 0.6) is 0 Å². The lowest BCUT2D eigenvalue weighted by atomic mass is 10.1. The molecule has 0 aliphatic carbocycles. The van der Waals surface area contributed by atoms with Gasteiger partial charge in [0.15, 0.2) is 5.16 Å². The van der Waals surface area contributed by atoms with E-state index >= 15 is 0 Å². The smallest absolute Gasteiger partial charge is 0.230 e. The molecule has 1 atom stereocenters. The second-order valence-corrected chi connectivity index (χ2v) is 8.93. The Bertz CT molecular complexity index is 956. The molecule has 0 radical (unpaired) electrons. The zero-order valence-corrected chi connectivity index (χ0v) is 19.7. The van der Waals surface area contributed by atoms with Gasteiger partial charge in [-0.05, 0) is 60.1 Å². The van der Waals surface area contributed by atoms with Crippen molar-refractivity contribution in [1.82, 2.24) is 25.0 Å². The fourth-order valence-electron chi connectivity index (χ4n) is 3.21. The molecule has 3 aromatic rings. The van der Waals surface area contributed by atoms with Gasteiger partial charge in [-0.25, -0.2) is 0 Å². The van der Waals surface area contributed by atoms with Crippen molar-refractivity contribution in [3.63, 3.8) is 0 Å². The zero-order valence-electron chi connectivity index (χ0n) is 17.3. The molecule has 1 unspecified atom stereocenters. The van der Waals surface area contributed by atoms with E-state index in [-0.39, 0.29) is 17.7 Å². The van der Waals surface area contributed by atoms with Crippen LogP contribution in [0.4, 0.5) is 0 Å². The van der Waals surface area contributed by atoms with E-state index in [4.69, 9.17) is 11.6 Å². The number of aryl methyl sites for hydroxylation is 1. The van der Waals surface area contributed by atoms with E-state index in [1.807, 2.05) is 29.7 Å². The maximum absolute atomic E-state index is 12.5. The average Bonchev–Trinajstić information content (AvgIpc) is 3.43. The first-order chi connectivity index (χ1) is 14.5. The maximum atomic E-state index is 12.5. The number of carbonyl (C=O) groups is 1. The monoisotopic (exact) mass is 463 g/mol. The lowest BCUT2D eigenvalue weighted by molar-refractivity contribution is -0.118. The number of benzene rings is 1. The third-order valence-corrected chi connectivity index (χ3v) is 7.01. The summed E-state index contributed by atoms with van der Waals surface area (Å²) < 4.78 is 1.84. The predicted octanol–water partition coefficient (Wildman–Crippen LogP) is 4.58. The Morgan fingerprint density at radius 2 is 2.13 bits per heavy atom. The van der Waals surface area contributed by atoms with Gasteiger partial charge in [-0.3, -0.25) is 14.3 Å². The van der Waals surface area contributed by atoms with Crippen molar-refractivity contribution in [2.75, 3.05) is 25.4 Å². The largest absolute Gasteiger partial charge is 0.353 e. The Morgan fingerprint density at radius 3 is 2.80 bits per heavy atom. The molecule has 0 bridgehead atoms. The van der Waals surface area contributed by atoms with Crippen LogP contribution in [-0.4, -0.2) is 51.0 Å². The summed E-state index contributed by atoms with van der Waals surface area (Å²) in [5, 5.41) is 16.8. The summed E-state index contributed by atoms with van der Waals surface area (Å²) in [4.78, 5) is 14.9. The number of nitrogens with zero attached hydrogens (tertiary/aromatic N) is 4. The molecule has 1 N–H and O–H groups in total. The van der Waals surface area contributed by atoms with E-state index in [1.54, 1.807) is 17.7 Å². The fourth-order valence-corrected chi connectivity index (χ4v) is 4.85. The number of carbonyl (C=O) groups excluding carboxylic acids is 1. The molecule has 1 amide bonds. The minimum Gasteiger partial charge on any atom is -0.353 e. The molecule has 1 aromatic carbocycles. The van der Waals surface area contributed by atoms with Gasteiger partial charge in [0.25, 0.3) is 0 Å². The molecule has 3 rings (SSSR count). The Balaban J connectivity index is 1.60. The second-order valence-electron chi connectivity index (χ2n) is 6.80. The van der Waals surface area contributed by atoms with Crippen LogP contribution in [0.2, 0.25) is 5.02 Å². The van der Waals surface area contributed by atoms with Crippen LogP contribution in [0.1, 0.15) is 31.0 Å². The number of halogens is 1. The lowest BCUT2D eigenvalue weighted by Crippen LogP contribution is -2.38. The summed E-state index contributed by atoms with van der Waals surface area (Å²) in [7, 11) is 0. The van der Waals surface area contributed by atoms with Crippen LogP contribution in [0.15, 0.2) is 46.5 Å². The van der Waals surface area contributed by atoms with Gasteiger partial charge >= 0.3 is 0 Å². The van der Waals surface area contributed by atoms with E-state index < -0.39 is 0 Å². The SMILES string of the molecule is CCN(CC)C(CNC(=O)CSc1nncn1-c1ccc(C)c(Cl)c1)c1ccsc1. The van der Waals surface area contributed by atoms with Crippen LogP contribution in [0.25, 0.3) is 5.69 Å². The average molecular weight is 464 g/mol. The maximum Gasteiger partial charge on any atom is 0.230 e. The van der Waals surface area contributed by atoms with Gasteiger partial charge in [0.05, 0.1) is 17.5 Å². The van der Waals surface area contributed by atoms with Crippen molar-refractivity contribution in [1.29, 1.82) is 0 Å². The highest BCUT2D eigenvalue weighted by atomic mass is 35.5. The normalized spacial score (nSPS) is 12.3. The molecule has 9 heteroatoms. The van der Waals surface area contributed by atoms with Gasteiger partial charge in [0, 0.05) is 11.6 Å². The second kappa shape index (κ2) is 10.9. The summed E-state index contributed by atoms with van der Waals surface area (Å²) in [5.74, 6) is 0.247. The zero-order chi connectivity index (χ0) is 21.5. The number of likely N-dealkylation sites (N-methyl/N-ethyl adjacent to an activating group) is 1. The van der Waals surface area contributed by atoms with Gasteiger partial charge in [-0.2, -0.15) is 11.3 Å². The predicted molar refractivity (Wildman–Crippen MR) is 125 cm³/mol. The highest BCUT2D eigenvalue weighted by Gasteiger charge is 2.19. The fraction of sp³-hybridized carbons (Fsp3) is 0.381. The molecule has 6 nitrogen and oxygen atoms in total. The summed E-state index contributed by atoms with van der Waals surface area (Å²) in [6.45, 7) is 8.70. The van der Waals surface area contributed by atoms with Crippen molar-refractivity contribution in [2.45, 2.75) is 32.0 Å². The summed E-state index contributed by atoms with van der Waals surface area (Å²) in [6, 6.07) is 8.10. The molecule has 160 valence electrons. The summed E-state index contributed by atoms with van der Waals surface area (Å²) in [5.41, 5.74) is 3.13. The molecule has 0 aliphatic rings. The number of rotatable bonds is 10. The number of aromatic nitrogens is 3. The third kappa shape index (κ3) is 5.63. The third-order valence-electron chi connectivity index (χ3n) is 4.96. The van der Waals surface area contributed by atoms with Crippen LogP contribution in [0, 0.1) is 6.92 Å². The molecule has 0 spiro atoms. The highest BCUT2D eigenvalue weighted by Crippen LogP contribution is 2.24. The van der Waals surface area contributed by atoms with Crippen LogP contribution >= 0.6 is 34.7 Å². The van der Waals surface area contributed by atoms with Gasteiger partial charge in [0.2, 0.25) is 5.91 Å². The first-order valence-electron chi connectivity index (χ1n) is 9.85. The molecule has 2 heterocycles. The van der Waals surface area contributed by atoms with E-state index in [1.165, 1.54) is 17.3 Å². The van der Waals surface area contributed by atoms with Crippen LogP contribution in [0.3, 0.4) is 0 Å².